The van der Waals surface area contributed by atoms with E-state index in [1.807, 2.05) is 0 Å². The minimum absolute atomic E-state index is 0.00201. The summed E-state index contributed by atoms with van der Waals surface area (Å²) in [4.78, 5) is 16.4. The molecule has 0 aliphatic rings. The fraction of sp³-hybridized carbons (Fsp3) is 0.0588. The number of anilines is 1. The summed E-state index contributed by atoms with van der Waals surface area (Å²) in [6.45, 7) is 1.49. The van der Waals surface area contributed by atoms with Crippen molar-refractivity contribution < 1.29 is 22.4 Å². The van der Waals surface area contributed by atoms with Gasteiger partial charge < -0.3 is 5.32 Å². The second-order valence-corrected chi connectivity index (χ2v) is 6.11. The third-order valence-electron chi connectivity index (χ3n) is 3.36. The minimum atomic E-state index is -0.934. The Morgan fingerprint density at radius 1 is 1.04 bits per heavy atom. The molecule has 0 aliphatic heterocycles. The molecule has 0 unspecified atom stereocenters. The zero-order valence-corrected chi connectivity index (χ0v) is 13.6. The predicted molar refractivity (Wildman–Crippen MR) is 86.5 cm³/mol. The summed E-state index contributed by atoms with van der Waals surface area (Å²) in [6.07, 6.45) is 0. The molecule has 3 aromatic rings. The Balaban J connectivity index is 1.93. The molecule has 3 nitrogen and oxygen atoms in total. The molecule has 0 radical (unpaired) electrons. The number of carbonyl (C=O) groups is 1. The molecule has 2 aromatic carbocycles. The number of halogens is 4. The minimum Gasteiger partial charge on any atom is -0.319 e. The van der Waals surface area contributed by atoms with Crippen molar-refractivity contribution in [3.8, 4) is 10.6 Å². The van der Waals surface area contributed by atoms with Gasteiger partial charge in [-0.2, -0.15) is 0 Å². The van der Waals surface area contributed by atoms with Crippen LogP contribution in [0.1, 0.15) is 15.4 Å². The summed E-state index contributed by atoms with van der Waals surface area (Å²) in [7, 11) is 0. The van der Waals surface area contributed by atoms with E-state index in [9.17, 15) is 22.4 Å². The highest BCUT2D eigenvalue weighted by Gasteiger charge is 2.21. The van der Waals surface area contributed by atoms with Gasteiger partial charge in [0, 0.05) is 6.07 Å². The van der Waals surface area contributed by atoms with E-state index in [1.165, 1.54) is 13.0 Å². The lowest BCUT2D eigenvalue weighted by molar-refractivity contribution is 0.102. The van der Waals surface area contributed by atoms with Crippen molar-refractivity contribution in [1.29, 1.82) is 0 Å². The van der Waals surface area contributed by atoms with Gasteiger partial charge in [0.2, 0.25) is 0 Å². The molecule has 1 N–H and O–H groups in total. The van der Waals surface area contributed by atoms with Gasteiger partial charge in [0.15, 0.2) is 0 Å². The molecule has 3 rings (SSSR count). The van der Waals surface area contributed by atoms with E-state index in [1.54, 1.807) is 0 Å². The Labute approximate surface area is 144 Å². The monoisotopic (exact) mass is 366 g/mol. The summed E-state index contributed by atoms with van der Waals surface area (Å²) in [5, 5.41) is 2.29. The molecule has 1 amide bonds. The standard InChI is InChI=1S/C17H10F4N2OS/c1-8-15(16(24)23-13-6-5-9(18)7-12(13)21)25-17(22-8)14-10(19)3-2-4-11(14)20/h2-7H,1H3,(H,23,24). The number of benzene rings is 2. The predicted octanol–water partition coefficient (Wildman–Crippen LogP) is 4.93. The molecule has 25 heavy (non-hydrogen) atoms. The van der Waals surface area contributed by atoms with Crippen LogP contribution in [0.3, 0.4) is 0 Å². The third kappa shape index (κ3) is 3.39. The van der Waals surface area contributed by atoms with E-state index in [2.05, 4.69) is 10.3 Å². The first kappa shape index (κ1) is 17.1. The number of rotatable bonds is 3. The van der Waals surface area contributed by atoms with Crippen LogP contribution in [0.2, 0.25) is 0 Å². The topological polar surface area (TPSA) is 42.0 Å². The van der Waals surface area contributed by atoms with E-state index in [4.69, 9.17) is 0 Å². The van der Waals surface area contributed by atoms with Gasteiger partial charge in [-0.15, -0.1) is 11.3 Å². The zero-order valence-electron chi connectivity index (χ0n) is 12.7. The van der Waals surface area contributed by atoms with Crippen molar-refractivity contribution in [2.45, 2.75) is 6.92 Å². The van der Waals surface area contributed by atoms with Crippen LogP contribution in [0, 0.1) is 30.2 Å². The normalized spacial score (nSPS) is 10.8. The largest absolute Gasteiger partial charge is 0.319 e. The summed E-state index contributed by atoms with van der Waals surface area (Å²) >= 11 is 0.778. The van der Waals surface area contributed by atoms with Crippen LogP contribution in [0.4, 0.5) is 23.2 Å². The van der Waals surface area contributed by atoms with Gasteiger partial charge in [-0.25, -0.2) is 22.5 Å². The van der Waals surface area contributed by atoms with Crippen LogP contribution in [0.5, 0.6) is 0 Å². The van der Waals surface area contributed by atoms with E-state index < -0.39 is 29.2 Å². The van der Waals surface area contributed by atoms with Crippen molar-refractivity contribution in [3.63, 3.8) is 0 Å². The van der Waals surface area contributed by atoms with Gasteiger partial charge in [-0.1, -0.05) is 6.07 Å². The molecule has 8 heteroatoms. The lowest BCUT2D eigenvalue weighted by Crippen LogP contribution is -2.12. The van der Waals surface area contributed by atoms with E-state index in [0.29, 0.717) is 6.07 Å². The number of aryl methyl sites for hydroxylation is 1. The van der Waals surface area contributed by atoms with E-state index >= 15 is 0 Å². The molecule has 0 aliphatic carbocycles. The van der Waals surface area contributed by atoms with Crippen molar-refractivity contribution in [2.75, 3.05) is 5.32 Å². The molecule has 0 spiro atoms. The second kappa shape index (κ2) is 6.64. The number of hydrogen-bond donors (Lipinski definition) is 1. The van der Waals surface area contributed by atoms with E-state index in [0.717, 1.165) is 35.6 Å². The highest BCUT2D eigenvalue weighted by molar-refractivity contribution is 7.17. The van der Waals surface area contributed by atoms with Crippen LogP contribution < -0.4 is 5.32 Å². The van der Waals surface area contributed by atoms with Gasteiger partial charge in [-0.3, -0.25) is 4.79 Å². The third-order valence-corrected chi connectivity index (χ3v) is 4.53. The first-order valence-corrected chi connectivity index (χ1v) is 7.86. The first-order valence-electron chi connectivity index (χ1n) is 7.05. The van der Waals surface area contributed by atoms with Gasteiger partial charge in [-0.05, 0) is 31.2 Å². The maximum atomic E-state index is 13.9. The van der Waals surface area contributed by atoms with Crippen molar-refractivity contribution in [2.24, 2.45) is 0 Å². The summed E-state index contributed by atoms with van der Waals surface area (Å²) in [6, 6.07) is 6.11. The van der Waals surface area contributed by atoms with E-state index in [-0.39, 0.29) is 26.8 Å². The van der Waals surface area contributed by atoms with Crippen molar-refractivity contribution in [1.82, 2.24) is 4.98 Å². The van der Waals surface area contributed by atoms with Gasteiger partial charge >= 0.3 is 0 Å². The maximum absolute atomic E-state index is 13.9. The molecular formula is C17H10F4N2OS. The number of nitrogens with one attached hydrogen (secondary N) is 1. The molecule has 1 aromatic heterocycles. The second-order valence-electron chi connectivity index (χ2n) is 5.11. The average Bonchev–Trinajstić information content (AvgIpc) is 2.91. The van der Waals surface area contributed by atoms with Gasteiger partial charge in [0.1, 0.15) is 33.2 Å². The Hall–Kier alpha value is -2.74. The smallest absolute Gasteiger partial charge is 0.267 e. The highest BCUT2D eigenvalue weighted by Crippen LogP contribution is 2.32. The Morgan fingerprint density at radius 3 is 2.36 bits per heavy atom. The fourth-order valence-electron chi connectivity index (χ4n) is 2.19. The summed E-state index contributed by atoms with van der Waals surface area (Å²) < 4.78 is 54.3. The Morgan fingerprint density at radius 2 is 1.72 bits per heavy atom. The first-order chi connectivity index (χ1) is 11.9. The number of nitrogens with zero attached hydrogens (tertiary/aromatic N) is 1. The number of aromatic nitrogens is 1. The summed E-state index contributed by atoms with van der Waals surface area (Å²) in [5.74, 6) is -4.02. The van der Waals surface area contributed by atoms with Crippen molar-refractivity contribution >= 4 is 22.9 Å². The van der Waals surface area contributed by atoms with Crippen molar-refractivity contribution in [3.05, 3.63) is 70.2 Å². The van der Waals surface area contributed by atoms with Crippen LogP contribution >= 0.6 is 11.3 Å². The Kier molecular flexibility index (Phi) is 4.54. The van der Waals surface area contributed by atoms with Gasteiger partial charge in [0.05, 0.1) is 16.9 Å². The molecule has 0 saturated heterocycles. The molecule has 1 heterocycles. The highest BCUT2D eigenvalue weighted by atomic mass is 32.1. The van der Waals surface area contributed by atoms with Crippen LogP contribution in [0.25, 0.3) is 10.6 Å². The fourth-order valence-corrected chi connectivity index (χ4v) is 3.20. The molecular weight excluding hydrogens is 356 g/mol. The molecule has 0 saturated carbocycles. The number of thiazole rings is 1. The average molecular weight is 366 g/mol. The lowest BCUT2D eigenvalue weighted by atomic mass is 10.2. The molecule has 0 fully saturated rings. The van der Waals surface area contributed by atoms with Gasteiger partial charge in [0.25, 0.3) is 5.91 Å². The number of hydrogen-bond acceptors (Lipinski definition) is 3. The Bertz CT molecular complexity index is 951. The molecule has 128 valence electrons. The zero-order chi connectivity index (χ0) is 18.1. The molecule has 0 atom stereocenters. The van der Waals surface area contributed by atoms with Crippen LogP contribution in [-0.2, 0) is 0 Å². The summed E-state index contributed by atoms with van der Waals surface area (Å²) in [5.41, 5.74) is -0.303. The van der Waals surface area contributed by atoms with Crippen LogP contribution in [0.15, 0.2) is 36.4 Å². The van der Waals surface area contributed by atoms with Crippen LogP contribution in [-0.4, -0.2) is 10.9 Å². The maximum Gasteiger partial charge on any atom is 0.267 e. The quantitative estimate of drug-likeness (QED) is 0.668. The SMILES string of the molecule is Cc1nc(-c2c(F)cccc2F)sc1C(=O)Nc1ccc(F)cc1F. The lowest BCUT2D eigenvalue weighted by Gasteiger charge is -2.05. The molecule has 0 bridgehead atoms. The number of amides is 1. The number of carbonyl (C=O) groups excluding carboxylic acids is 1.